The van der Waals surface area contributed by atoms with E-state index in [1.807, 2.05) is 0 Å². The van der Waals surface area contributed by atoms with Crippen LogP contribution in [0.15, 0.2) is 0 Å². The molecule has 1 rings (SSSR count). The molecule has 72 valence electrons. The largest absolute Gasteiger partial charge is 0.252 e. The Kier molecular flexibility index (Phi) is 2.54. The standard InChI is InChI=1S/C8H7F4N/c1-3(2)7-5(10)4(9)6(11)8(12)13-7/h3H,1-2H3. The SMILES string of the molecule is CC(C)c1nc(F)c(F)c(F)c1F. The van der Waals surface area contributed by atoms with E-state index in [1.165, 1.54) is 13.8 Å². The summed E-state index contributed by atoms with van der Waals surface area (Å²) >= 11 is 0. The fourth-order valence-corrected chi connectivity index (χ4v) is 0.886. The van der Waals surface area contributed by atoms with Crippen molar-refractivity contribution in [2.45, 2.75) is 19.8 Å². The second-order valence-corrected chi connectivity index (χ2v) is 2.88. The van der Waals surface area contributed by atoms with E-state index in [0.29, 0.717) is 0 Å². The minimum atomic E-state index is -1.87. The molecular formula is C8H7F4N. The van der Waals surface area contributed by atoms with Crippen molar-refractivity contribution in [1.29, 1.82) is 0 Å². The van der Waals surface area contributed by atoms with Crippen LogP contribution < -0.4 is 0 Å². The second-order valence-electron chi connectivity index (χ2n) is 2.88. The van der Waals surface area contributed by atoms with Gasteiger partial charge >= 0.3 is 0 Å². The molecule has 0 saturated heterocycles. The Morgan fingerprint density at radius 1 is 0.923 bits per heavy atom. The highest BCUT2D eigenvalue weighted by atomic mass is 19.2. The molecule has 0 fully saturated rings. The summed E-state index contributed by atoms with van der Waals surface area (Å²) in [5.74, 6) is -7.21. The van der Waals surface area contributed by atoms with E-state index in [4.69, 9.17) is 0 Å². The van der Waals surface area contributed by atoms with Gasteiger partial charge in [-0.3, -0.25) is 0 Å². The predicted octanol–water partition coefficient (Wildman–Crippen LogP) is 2.76. The van der Waals surface area contributed by atoms with E-state index in [2.05, 4.69) is 4.98 Å². The van der Waals surface area contributed by atoms with Crippen LogP contribution in [0.4, 0.5) is 17.6 Å². The van der Waals surface area contributed by atoms with Crippen molar-refractivity contribution in [3.63, 3.8) is 0 Å². The average Bonchev–Trinajstić information content (AvgIpc) is 2.07. The lowest BCUT2D eigenvalue weighted by Crippen LogP contribution is -2.07. The Hall–Kier alpha value is -1.13. The van der Waals surface area contributed by atoms with Gasteiger partial charge in [-0.15, -0.1) is 0 Å². The van der Waals surface area contributed by atoms with Crippen molar-refractivity contribution in [3.8, 4) is 0 Å². The van der Waals surface area contributed by atoms with E-state index in [-0.39, 0.29) is 0 Å². The summed E-state index contributed by atoms with van der Waals surface area (Å²) in [5, 5.41) is 0. The first-order chi connectivity index (χ1) is 5.95. The third-order valence-electron chi connectivity index (χ3n) is 1.56. The smallest absolute Gasteiger partial charge is 0.219 e. The minimum Gasteiger partial charge on any atom is -0.219 e. The monoisotopic (exact) mass is 193 g/mol. The summed E-state index contributed by atoms with van der Waals surface area (Å²) in [7, 11) is 0. The lowest BCUT2D eigenvalue weighted by Gasteiger charge is -2.06. The van der Waals surface area contributed by atoms with Crippen LogP contribution in [0.2, 0.25) is 0 Å². The first-order valence-corrected chi connectivity index (χ1v) is 3.65. The molecule has 13 heavy (non-hydrogen) atoms. The van der Waals surface area contributed by atoms with Crippen LogP contribution >= 0.6 is 0 Å². The van der Waals surface area contributed by atoms with Crippen LogP contribution in [0.1, 0.15) is 25.5 Å². The minimum absolute atomic E-state index is 0.406. The van der Waals surface area contributed by atoms with Gasteiger partial charge in [0.05, 0.1) is 5.69 Å². The second kappa shape index (κ2) is 3.32. The van der Waals surface area contributed by atoms with E-state index in [0.717, 1.165) is 0 Å². The lowest BCUT2D eigenvalue weighted by molar-refractivity contribution is 0.380. The lowest BCUT2D eigenvalue weighted by atomic mass is 10.1. The van der Waals surface area contributed by atoms with Crippen LogP contribution in [0.25, 0.3) is 0 Å². The van der Waals surface area contributed by atoms with Gasteiger partial charge in [-0.25, -0.2) is 13.8 Å². The summed E-state index contributed by atoms with van der Waals surface area (Å²) < 4.78 is 50.3. The summed E-state index contributed by atoms with van der Waals surface area (Å²) in [6.07, 6.45) is 0. The Labute approximate surface area is 72.4 Å². The molecule has 1 nitrogen and oxygen atoms in total. The van der Waals surface area contributed by atoms with Gasteiger partial charge in [-0.05, 0) is 5.92 Å². The Morgan fingerprint density at radius 2 is 1.46 bits per heavy atom. The van der Waals surface area contributed by atoms with Crippen LogP contribution in [0.5, 0.6) is 0 Å². The summed E-state index contributed by atoms with van der Waals surface area (Å²) in [5.41, 5.74) is -0.406. The first-order valence-electron chi connectivity index (χ1n) is 3.65. The highest BCUT2D eigenvalue weighted by Crippen LogP contribution is 2.21. The Balaban J connectivity index is 3.41. The molecule has 5 heteroatoms. The van der Waals surface area contributed by atoms with Crippen molar-refractivity contribution >= 4 is 0 Å². The summed E-state index contributed by atoms with van der Waals surface area (Å²) in [6.45, 7) is 3.00. The number of hydrogen-bond donors (Lipinski definition) is 0. The van der Waals surface area contributed by atoms with Gasteiger partial charge < -0.3 is 0 Å². The molecule has 1 heterocycles. The zero-order chi connectivity index (χ0) is 10.2. The molecule has 0 aliphatic rings. The number of rotatable bonds is 1. The quantitative estimate of drug-likeness (QED) is 0.493. The van der Waals surface area contributed by atoms with E-state index in [1.54, 1.807) is 0 Å². The molecule has 0 amide bonds. The normalized spacial score (nSPS) is 11.0. The molecule has 1 aromatic heterocycles. The third kappa shape index (κ3) is 1.64. The number of hydrogen-bond acceptors (Lipinski definition) is 1. The molecule has 0 unspecified atom stereocenters. The molecule has 0 bridgehead atoms. The van der Waals surface area contributed by atoms with Crippen LogP contribution in [0, 0.1) is 23.4 Å². The molecule has 1 aromatic rings. The van der Waals surface area contributed by atoms with Gasteiger partial charge in [-0.1, -0.05) is 13.8 Å². The number of aromatic nitrogens is 1. The van der Waals surface area contributed by atoms with Crippen LogP contribution in [-0.2, 0) is 0 Å². The number of pyridine rings is 1. The fourth-order valence-electron chi connectivity index (χ4n) is 0.886. The molecular weight excluding hydrogens is 186 g/mol. The number of nitrogens with zero attached hydrogens (tertiary/aromatic N) is 1. The van der Waals surface area contributed by atoms with Gasteiger partial charge in [0.25, 0.3) is 5.95 Å². The predicted molar refractivity (Wildman–Crippen MR) is 38.2 cm³/mol. The summed E-state index contributed by atoms with van der Waals surface area (Å²) in [6, 6.07) is 0. The average molecular weight is 193 g/mol. The zero-order valence-corrected chi connectivity index (χ0v) is 7.04. The van der Waals surface area contributed by atoms with Gasteiger partial charge in [0, 0.05) is 0 Å². The van der Waals surface area contributed by atoms with E-state index >= 15 is 0 Å². The van der Waals surface area contributed by atoms with Crippen LogP contribution in [-0.4, -0.2) is 4.98 Å². The van der Waals surface area contributed by atoms with E-state index < -0.39 is 35.0 Å². The molecule has 0 N–H and O–H groups in total. The molecule has 0 aromatic carbocycles. The Morgan fingerprint density at radius 3 is 1.92 bits per heavy atom. The molecule has 0 radical (unpaired) electrons. The first kappa shape index (κ1) is 9.95. The van der Waals surface area contributed by atoms with E-state index in [9.17, 15) is 17.6 Å². The van der Waals surface area contributed by atoms with Gasteiger partial charge in [0.15, 0.2) is 5.82 Å². The molecule has 0 saturated carbocycles. The third-order valence-corrected chi connectivity index (χ3v) is 1.56. The highest BCUT2D eigenvalue weighted by Gasteiger charge is 2.21. The zero-order valence-electron chi connectivity index (χ0n) is 7.04. The highest BCUT2D eigenvalue weighted by molar-refractivity contribution is 5.14. The molecule has 0 aliphatic carbocycles. The number of halogens is 4. The maximum atomic E-state index is 12.8. The van der Waals surface area contributed by atoms with Crippen molar-refractivity contribution in [1.82, 2.24) is 4.98 Å². The fraction of sp³-hybridized carbons (Fsp3) is 0.375. The van der Waals surface area contributed by atoms with Crippen molar-refractivity contribution in [3.05, 3.63) is 29.1 Å². The molecule has 0 atom stereocenters. The van der Waals surface area contributed by atoms with Gasteiger partial charge in [0.2, 0.25) is 11.6 Å². The summed E-state index contributed by atoms with van der Waals surface area (Å²) in [4.78, 5) is 2.98. The molecule has 0 aliphatic heterocycles. The van der Waals surface area contributed by atoms with Crippen molar-refractivity contribution in [2.24, 2.45) is 0 Å². The molecule has 0 spiro atoms. The van der Waals surface area contributed by atoms with Gasteiger partial charge in [-0.2, -0.15) is 8.78 Å². The van der Waals surface area contributed by atoms with Crippen molar-refractivity contribution < 1.29 is 17.6 Å². The topological polar surface area (TPSA) is 12.9 Å². The Bertz CT molecular complexity index is 335. The van der Waals surface area contributed by atoms with Crippen LogP contribution in [0.3, 0.4) is 0 Å². The maximum Gasteiger partial charge on any atom is 0.252 e. The van der Waals surface area contributed by atoms with Crippen molar-refractivity contribution in [2.75, 3.05) is 0 Å². The van der Waals surface area contributed by atoms with Gasteiger partial charge in [0.1, 0.15) is 0 Å². The maximum absolute atomic E-state index is 12.8.